The Kier molecular flexibility index (Phi) is 3.98. The van der Waals surface area contributed by atoms with Crippen LogP contribution in [0.25, 0.3) is 0 Å². The Morgan fingerprint density at radius 3 is 2.62 bits per heavy atom. The normalized spacial score (nSPS) is 18.4. The monoisotopic (exact) mass is 226 g/mol. The zero-order valence-electron chi connectivity index (χ0n) is 8.80. The van der Waals surface area contributed by atoms with Crippen LogP contribution >= 0.6 is 0 Å². The van der Waals surface area contributed by atoms with Crippen LogP contribution in [0.15, 0.2) is 24.3 Å². The number of epoxide rings is 1. The molecule has 0 radical (unpaired) electrons. The van der Waals surface area contributed by atoms with Gasteiger partial charge in [-0.3, -0.25) is 0 Å². The van der Waals surface area contributed by atoms with E-state index in [-0.39, 0.29) is 25.4 Å². The van der Waals surface area contributed by atoms with E-state index in [1.807, 2.05) is 0 Å². The highest BCUT2D eigenvalue weighted by Crippen LogP contribution is 2.15. The lowest BCUT2D eigenvalue weighted by molar-refractivity contribution is -0.101. The van der Waals surface area contributed by atoms with Crippen LogP contribution in [-0.2, 0) is 14.2 Å². The molecule has 1 aromatic carbocycles. The number of hydrogen-bond acceptors (Lipinski definition) is 5. The zero-order valence-corrected chi connectivity index (χ0v) is 8.80. The van der Waals surface area contributed by atoms with E-state index < -0.39 is 0 Å². The highest BCUT2D eigenvalue weighted by Gasteiger charge is 2.22. The van der Waals surface area contributed by atoms with Crippen LogP contribution < -0.4 is 4.74 Å². The van der Waals surface area contributed by atoms with Gasteiger partial charge in [0, 0.05) is 0 Å². The minimum Gasteiger partial charge on any atom is -0.508 e. The lowest BCUT2D eigenvalue weighted by atomic mass is 10.3. The number of ether oxygens (including phenoxy) is 4. The van der Waals surface area contributed by atoms with Crippen LogP contribution in [-0.4, -0.2) is 38.0 Å². The van der Waals surface area contributed by atoms with Crippen molar-refractivity contribution in [3.05, 3.63) is 24.3 Å². The fraction of sp³-hybridized carbons (Fsp3) is 0.455. The van der Waals surface area contributed by atoms with Crippen molar-refractivity contribution in [2.45, 2.75) is 6.10 Å². The second-order valence-electron chi connectivity index (χ2n) is 3.40. The van der Waals surface area contributed by atoms with E-state index in [9.17, 15) is 0 Å². The van der Waals surface area contributed by atoms with Gasteiger partial charge in [-0.1, -0.05) is 0 Å². The van der Waals surface area contributed by atoms with Gasteiger partial charge < -0.3 is 24.1 Å². The third kappa shape index (κ3) is 4.06. The van der Waals surface area contributed by atoms with Gasteiger partial charge in [0.15, 0.2) is 13.6 Å². The minimum atomic E-state index is 0.121. The molecule has 0 spiro atoms. The molecule has 16 heavy (non-hydrogen) atoms. The van der Waals surface area contributed by atoms with E-state index in [2.05, 4.69) is 0 Å². The van der Waals surface area contributed by atoms with Gasteiger partial charge in [-0.15, -0.1) is 0 Å². The maximum atomic E-state index is 9.04. The fourth-order valence-corrected chi connectivity index (χ4v) is 1.09. The first-order valence-corrected chi connectivity index (χ1v) is 5.03. The van der Waals surface area contributed by atoms with Crippen LogP contribution in [0.4, 0.5) is 0 Å². The maximum Gasteiger partial charge on any atom is 0.191 e. The molecule has 1 aliphatic heterocycles. The van der Waals surface area contributed by atoms with Crippen molar-refractivity contribution in [1.82, 2.24) is 0 Å². The highest BCUT2D eigenvalue weighted by atomic mass is 16.7. The van der Waals surface area contributed by atoms with Gasteiger partial charge in [0.1, 0.15) is 17.6 Å². The van der Waals surface area contributed by atoms with Crippen molar-refractivity contribution in [2.24, 2.45) is 0 Å². The molecule has 1 aliphatic rings. The quantitative estimate of drug-likeness (QED) is 0.429. The first kappa shape index (κ1) is 11.2. The topological polar surface area (TPSA) is 60.5 Å². The maximum absolute atomic E-state index is 9.04. The van der Waals surface area contributed by atoms with Crippen LogP contribution in [0.3, 0.4) is 0 Å². The first-order valence-electron chi connectivity index (χ1n) is 5.03. The molecule has 1 atom stereocenters. The number of benzene rings is 1. The fourth-order valence-electron chi connectivity index (χ4n) is 1.09. The van der Waals surface area contributed by atoms with E-state index >= 15 is 0 Å². The van der Waals surface area contributed by atoms with E-state index in [4.69, 9.17) is 24.1 Å². The number of aromatic hydroxyl groups is 1. The van der Waals surface area contributed by atoms with Crippen molar-refractivity contribution >= 4 is 0 Å². The predicted octanol–water partition coefficient (Wildman–Crippen LogP) is 1.12. The van der Waals surface area contributed by atoms with Gasteiger partial charge in [-0.25, -0.2) is 0 Å². The van der Waals surface area contributed by atoms with Crippen LogP contribution in [0.1, 0.15) is 0 Å². The largest absolute Gasteiger partial charge is 0.508 e. The molecule has 1 saturated heterocycles. The number of phenolic OH excluding ortho intramolecular Hbond substituents is 1. The first-order chi connectivity index (χ1) is 7.84. The van der Waals surface area contributed by atoms with Crippen molar-refractivity contribution in [3.8, 4) is 11.5 Å². The predicted molar refractivity (Wildman–Crippen MR) is 55.2 cm³/mol. The van der Waals surface area contributed by atoms with Crippen molar-refractivity contribution < 1.29 is 24.1 Å². The van der Waals surface area contributed by atoms with Crippen molar-refractivity contribution in [2.75, 3.05) is 26.8 Å². The third-order valence-corrected chi connectivity index (χ3v) is 2.02. The molecule has 88 valence electrons. The molecular formula is C11H14O5. The van der Waals surface area contributed by atoms with E-state index in [0.717, 1.165) is 6.61 Å². The summed E-state index contributed by atoms with van der Waals surface area (Å²) in [6.07, 6.45) is 0.251. The van der Waals surface area contributed by atoms with Gasteiger partial charge in [0.25, 0.3) is 0 Å². The highest BCUT2D eigenvalue weighted by molar-refractivity contribution is 5.29. The molecule has 5 heteroatoms. The molecule has 0 aliphatic carbocycles. The molecule has 2 rings (SSSR count). The summed E-state index contributed by atoms with van der Waals surface area (Å²) in [6, 6.07) is 6.43. The Morgan fingerprint density at radius 1 is 1.19 bits per heavy atom. The summed E-state index contributed by atoms with van der Waals surface area (Å²) in [5.41, 5.74) is 0. The smallest absolute Gasteiger partial charge is 0.191 e. The summed E-state index contributed by atoms with van der Waals surface area (Å²) in [6.45, 7) is 1.66. The van der Waals surface area contributed by atoms with Gasteiger partial charge in [-0.05, 0) is 24.3 Å². The van der Waals surface area contributed by atoms with Crippen LogP contribution in [0, 0.1) is 0 Å². The summed E-state index contributed by atoms with van der Waals surface area (Å²) in [4.78, 5) is 0. The second-order valence-corrected chi connectivity index (χ2v) is 3.40. The molecule has 1 unspecified atom stereocenters. The Balaban J connectivity index is 1.51. The summed E-state index contributed by atoms with van der Waals surface area (Å²) in [5, 5.41) is 9.04. The van der Waals surface area contributed by atoms with E-state index in [1.165, 1.54) is 0 Å². The number of hydrogen-bond donors (Lipinski definition) is 1. The summed E-state index contributed by atoms with van der Waals surface area (Å²) >= 11 is 0. The molecule has 1 heterocycles. The second kappa shape index (κ2) is 5.69. The molecule has 5 nitrogen and oxygen atoms in total. The summed E-state index contributed by atoms with van der Waals surface area (Å²) < 4.78 is 20.4. The third-order valence-electron chi connectivity index (χ3n) is 2.02. The Hall–Kier alpha value is -1.30. The zero-order chi connectivity index (χ0) is 11.2. The van der Waals surface area contributed by atoms with Crippen LogP contribution in [0.5, 0.6) is 11.5 Å². The molecular weight excluding hydrogens is 212 g/mol. The van der Waals surface area contributed by atoms with E-state index in [0.29, 0.717) is 12.4 Å². The van der Waals surface area contributed by atoms with Gasteiger partial charge in [0.2, 0.25) is 0 Å². The summed E-state index contributed by atoms with van der Waals surface area (Å²) in [5.74, 6) is 0.851. The summed E-state index contributed by atoms with van der Waals surface area (Å²) in [7, 11) is 0. The molecule has 0 saturated carbocycles. The SMILES string of the molecule is Oc1ccc(OCOCOCC2CO2)cc1. The minimum absolute atomic E-state index is 0.121. The Morgan fingerprint density at radius 2 is 1.94 bits per heavy atom. The van der Waals surface area contributed by atoms with Gasteiger partial charge >= 0.3 is 0 Å². The standard InChI is InChI=1S/C11H14O5/c12-9-1-3-10(4-2-9)16-8-14-7-13-5-11-6-15-11/h1-4,11-12H,5-8H2. The molecule has 0 bridgehead atoms. The van der Waals surface area contributed by atoms with Crippen LogP contribution in [0.2, 0.25) is 0 Å². The average molecular weight is 226 g/mol. The number of phenols is 1. The van der Waals surface area contributed by atoms with Gasteiger partial charge in [-0.2, -0.15) is 0 Å². The molecule has 0 aromatic heterocycles. The lowest BCUT2D eigenvalue weighted by Crippen LogP contribution is -2.09. The lowest BCUT2D eigenvalue weighted by Gasteiger charge is -2.07. The van der Waals surface area contributed by atoms with Crippen molar-refractivity contribution in [1.29, 1.82) is 0 Å². The Labute approximate surface area is 93.5 Å². The van der Waals surface area contributed by atoms with E-state index in [1.54, 1.807) is 24.3 Å². The Bertz CT molecular complexity index is 307. The van der Waals surface area contributed by atoms with Crippen molar-refractivity contribution in [3.63, 3.8) is 0 Å². The molecule has 1 N–H and O–H groups in total. The molecule has 0 amide bonds. The number of rotatable bonds is 7. The average Bonchev–Trinajstić information content (AvgIpc) is 3.10. The molecule has 1 aromatic rings. The molecule has 1 fully saturated rings. The van der Waals surface area contributed by atoms with Gasteiger partial charge in [0.05, 0.1) is 13.2 Å².